The number of nitrogen functional groups attached to an aromatic ring is 1. The van der Waals surface area contributed by atoms with Crippen molar-refractivity contribution in [3.05, 3.63) is 36.8 Å². The van der Waals surface area contributed by atoms with E-state index in [2.05, 4.69) is 15.0 Å². The van der Waals surface area contributed by atoms with Gasteiger partial charge in [0.05, 0.1) is 4.90 Å². The summed E-state index contributed by atoms with van der Waals surface area (Å²) in [6, 6.07) is 6.33. The normalized spacial score (nSPS) is 11.8. The van der Waals surface area contributed by atoms with E-state index in [1.807, 2.05) is 0 Å². The highest BCUT2D eigenvalue weighted by Gasteiger charge is 2.13. The maximum atomic E-state index is 11.4. The molecule has 3 aromatic rings. The highest BCUT2D eigenvalue weighted by molar-refractivity contribution is 7.89. The van der Waals surface area contributed by atoms with Crippen LogP contribution >= 0.6 is 0 Å². The summed E-state index contributed by atoms with van der Waals surface area (Å²) in [7, 11) is -3.75. The summed E-state index contributed by atoms with van der Waals surface area (Å²) >= 11 is 0. The molecule has 1 aromatic carbocycles. The Morgan fingerprint density at radius 3 is 2.75 bits per heavy atom. The van der Waals surface area contributed by atoms with Gasteiger partial charge in [0.1, 0.15) is 17.4 Å². The summed E-state index contributed by atoms with van der Waals surface area (Å²) < 4.78 is 22.8. The van der Waals surface area contributed by atoms with Crippen molar-refractivity contribution in [1.82, 2.24) is 15.0 Å². The van der Waals surface area contributed by atoms with E-state index in [0.717, 1.165) is 5.56 Å². The summed E-state index contributed by atoms with van der Waals surface area (Å²) in [6.07, 6.45) is 3.07. The first-order valence-corrected chi connectivity index (χ1v) is 7.22. The SMILES string of the molecule is Nc1ncnc2c(-c3cccc(S(N)(=O)=O)c3)c[nH]c12. The molecule has 2 heterocycles. The van der Waals surface area contributed by atoms with Crippen molar-refractivity contribution < 1.29 is 8.42 Å². The lowest BCUT2D eigenvalue weighted by Gasteiger charge is -2.02. The van der Waals surface area contributed by atoms with E-state index in [0.29, 0.717) is 22.4 Å². The molecule has 8 heteroatoms. The first-order valence-electron chi connectivity index (χ1n) is 5.67. The summed E-state index contributed by atoms with van der Waals surface area (Å²) in [4.78, 5) is 11.1. The molecule has 0 atom stereocenters. The second kappa shape index (κ2) is 4.29. The van der Waals surface area contributed by atoms with Gasteiger partial charge in [0, 0.05) is 11.8 Å². The standard InChI is InChI=1S/C12H11N5O2S/c13-12-11-10(16-6-17-12)9(5-15-11)7-2-1-3-8(4-7)20(14,18)19/h1-6,15H,(H2,13,16,17)(H2,14,18,19). The Morgan fingerprint density at radius 2 is 2.00 bits per heavy atom. The maximum Gasteiger partial charge on any atom is 0.238 e. The number of hydrogen-bond acceptors (Lipinski definition) is 5. The molecule has 20 heavy (non-hydrogen) atoms. The third-order valence-electron chi connectivity index (χ3n) is 2.97. The predicted octanol–water partition coefficient (Wildman–Crippen LogP) is 0.855. The Hall–Kier alpha value is -2.45. The highest BCUT2D eigenvalue weighted by Crippen LogP contribution is 2.29. The zero-order valence-electron chi connectivity index (χ0n) is 10.2. The van der Waals surface area contributed by atoms with Crippen LogP contribution in [0.15, 0.2) is 41.7 Å². The molecule has 0 amide bonds. The molecule has 3 rings (SSSR count). The Labute approximate surface area is 114 Å². The van der Waals surface area contributed by atoms with Gasteiger partial charge >= 0.3 is 0 Å². The Kier molecular flexibility index (Phi) is 2.70. The summed E-state index contributed by atoms with van der Waals surface area (Å²) in [5, 5.41) is 5.13. The lowest BCUT2D eigenvalue weighted by atomic mass is 10.1. The highest BCUT2D eigenvalue weighted by atomic mass is 32.2. The molecule has 7 nitrogen and oxygen atoms in total. The second-order valence-corrected chi connectivity index (χ2v) is 5.82. The van der Waals surface area contributed by atoms with Crippen molar-refractivity contribution in [2.75, 3.05) is 5.73 Å². The number of nitrogens with zero attached hydrogens (tertiary/aromatic N) is 2. The molecule has 0 bridgehead atoms. The van der Waals surface area contributed by atoms with Crippen LogP contribution in [-0.4, -0.2) is 23.4 Å². The van der Waals surface area contributed by atoms with Gasteiger partial charge in [0.2, 0.25) is 10.0 Å². The van der Waals surface area contributed by atoms with Crippen molar-refractivity contribution >= 4 is 26.9 Å². The predicted molar refractivity (Wildman–Crippen MR) is 75.1 cm³/mol. The zero-order chi connectivity index (χ0) is 14.3. The number of H-pyrrole nitrogens is 1. The Balaban J connectivity index is 2.24. The fourth-order valence-electron chi connectivity index (χ4n) is 2.02. The van der Waals surface area contributed by atoms with Gasteiger partial charge in [-0.2, -0.15) is 0 Å². The molecule has 0 saturated heterocycles. The molecule has 0 aliphatic rings. The van der Waals surface area contributed by atoms with E-state index in [9.17, 15) is 8.42 Å². The zero-order valence-corrected chi connectivity index (χ0v) is 11.1. The average Bonchev–Trinajstić information content (AvgIpc) is 2.83. The smallest absolute Gasteiger partial charge is 0.238 e. The second-order valence-electron chi connectivity index (χ2n) is 4.26. The first kappa shape index (κ1) is 12.6. The van der Waals surface area contributed by atoms with Crippen molar-refractivity contribution in [2.45, 2.75) is 4.90 Å². The van der Waals surface area contributed by atoms with Gasteiger partial charge in [0.25, 0.3) is 0 Å². The van der Waals surface area contributed by atoms with Crippen LogP contribution in [-0.2, 0) is 10.0 Å². The van der Waals surface area contributed by atoms with Gasteiger partial charge in [-0.3, -0.25) is 0 Å². The molecular weight excluding hydrogens is 278 g/mol. The molecule has 2 aromatic heterocycles. The monoisotopic (exact) mass is 289 g/mol. The van der Waals surface area contributed by atoms with Crippen LogP contribution in [0.25, 0.3) is 22.2 Å². The summed E-state index contributed by atoms with van der Waals surface area (Å²) in [5.41, 5.74) is 8.41. The molecule has 0 unspecified atom stereocenters. The minimum Gasteiger partial charge on any atom is -0.382 e. The van der Waals surface area contributed by atoms with Crippen LogP contribution in [0.3, 0.4) is 0 Å². The number of fused-ring (bicyclic) bond motifs is 1. The van der Waals surface area contributed by atoms with Crippen LogP contribution in [0.1, 0.15) is 0 Å². The van der Waals surface area contributed by atoms with Gasteiger partial charge in [-0.05, 0) is 17.7 Å². The molecule has 102 valence electrons. The molecule has 0 fully saturated rings. The number of anilines is 1. The largest absolute Gasteiger partial charge is 0.382 e. The van der Waals surface area contributed by atoms with Gasteiger partial charge in [-0.1, -0.05) is 12.1 Å². The number of rotatable bonds is 2. The van der Waals surface area contributed by atoms with Crippen LogP contribution in [0, 0.1) is 0 Å². The van der Waals surface area contributed by atoms with Crippen LogP contribution < -0.4 is 10.9 Å². The lowest BCUT2D eigenvalue weighted by Crippen LogP contribution is -2.11. The van der Waals surface area contributed by atoms with Gasteiger partial charge in [0.15, 0.2) is 5.82 Å². The summed E-state index contributed by atoms with van der Waals surface area (Å²) in [5.74, 6) is 0.337. The fraction of sp³-hybridized carbons (Fsp3) is 0. The first-order chi connectivity index (χ1) is 9.47. The number of nitrogens with two attached hydrogens (primary N) is 2. The van der Waals surface area contributed by atoms with Crippen LogP contribution in [0.2, 0.25) is 0 Å². The van der Waals surface area contributed by atoms with Crippen molar-refractivity contribution in [3.8, 4) is 11.1 Å². The van der Waals surface area contributed by atoms with Crippen molar-refractivity contribution in [3.63, 3.8) is 0 Å². The number of sulfonamides is 1. The quantitative estimate of drug-likeness (QED) is 0.644. The van der Waals surface area contributed by atoms with Crippen LogP contribution in [0.4, 0.5) is 5.82 Å². The molecule has 0 spiro atoms. The van der Waals surface area contributed by atoms with E-state index in [1.165, 1.54) is 18.5 Å². The molecular formula is C12H11N5O2S. The average molecular weight is 289 g/mol. The summed E-state index contributed by atoms with van der Waals surface area (Å²) in [6.45, 7) is 0. The molecule has 0 aliphatic heterocycles. The van der Waals surface area contributed by atoms with E-state index >= 15 is 0 Å². The minimum absolute atomic E-state index is 0.0476. The maximum absolute atomic E-state index is 11.4. The van der Waals surface area contributed by atoms with Crippen molar-refractivity contribution in [2.24, 2.45) is 5.14 Å². The Morgan fingerprint density at radius 1 is 1.20 bits per heavy atom. The van der Waals surface area contributed by atoms with E-state index in [-0.39, 0.29) is 4.90 Å². The molecule has 0 aliphatic carbocycles. The third kappa shape index (κ3) is 2.00. The van der Waals surface area contributed by atoms with E-state index in [4.69, 9.17) is 10.9 Å². The Bertz CT molecular complexity index is 901. The van der Waals surface area contributed by atoms with Gasteiger partial charge in [-0.15, -0.1) is 0 Å². The molecule has 0 radical (unpaired) electrons. The van der Waals surface area contributed by atoms with Crippen LogP contribution in [0.5, 0.6) is 0 Å². The minimum atomic E-state index is -3.75. The van der Waals surface area contributed by atoms with Gasteiger partial charge in [-0.25, -0.2) is 23.5 Å². The lowest BCUT2D eigenvalue weighted by molar-refractivity contribution is 0.598. The topological polar surface area (TPSA) is 128 Å². The van der Waals surface area contributed by atoms with Gasteiger partial charge < -0.3 is 10.7 Å². The number of nitrogens with one attached hydrogen (secondary N) is 1. The third-order valence-corrected chi connectivity index (χ3v) is 3.88. The number of benzene rings is 1. The number of hydrogen-bond donors (Lipinski definition) is 3. The molecule has 5 N–H and O–H groups in total. The number of primary sulfonamides is 1. The van der Waals surface area contributed by atoms with E-state index in [1.54, 1.807) is 18.3 Å². The fourth-order valence-corrected chi connectivity index (χ4v) is 2.58. The number of aromatic nitrogens is 3. The van der Waals surface area contributed by atoms with Crippen molar-refractivity contribution in [1.29, 1.82) is 0 Å². The molecule has 0 saturated carbocycles. The van der Waals surface area contributed by atoms with E-state index < -0.39 is 10.0 Å². The number of aromatic amines is 1.